The number of hydrogen-bond donors (Lipinski definition) is 1. The van der Waals surface area contributed by atoms with Crippen LogP contribution in [-0.2, 0) is 11.2 Å². The molecule has 0 aliphatic heterocycles. The molecule has 0 heterocycles. The van der Waals surface area contributed by atoms with Crippen LogP contribution < -0.4 is 10.1 Å². The van der Waals surface area contributed by atoms with Crippen molar-refractivity contribution in [3.8, 4) is 11.8 Å². The maximum absolute atomic E-state index is 11.1. The predicted octanol–water partition coefficient (Wildman–Crippen LogP) is 2.23. The van der Waals surface area contributed by atoms with Gasteiger partial charge < -0.3 is 10.1 Å². The molecule has 18 heavy (non-hydrogen) atoms. The number of halogens is 1. The number of carbonyl (C=O) groups is 1. The molecule has 0 bridgehead atoms. The largest absolute Gasteiger partial charge is 0.496 e. The molecule has 1 rings (SSSR count). The number of nitrogens with one attached hydrogen (secondary N) is 1. The second kappa shape index (κ2) is 6.87. The van der Waals surface area contributed by atoms with Crippen LogP contribution in [0.4, 0.5) is 0 Å². The molecule has 0 aliphatic rings. The number of hydrogen-bond acceptors (Lipinski definition) is 3. The summed E-state index contributed by atoms with van der Waals surface area (Å²) in [5.74, 6) is 0.518. The van der Waals surface area contributed by atoms with E-state index in [0.29, 0.717) is 18.0 Å². The SMILES string of the molecule is COc1c(C)cc(Cl)cc1CCNC(=O)CC#N. The van der Waals surface area contributed by atoms with Crippen molar-refractivity contribution < 1.29 is 9.53 Å². The molecule has 0 fully saturated rings. The van der Waals surface area contributed by atoms with Crippen molar-refractivity contribution in [1.29, 1.82) is 5.26 Å². The molecule has 96 valence electrons. The van der Waals surface area contributed by atoms with Gasteiger partial charge in [-0.15, -0.1) is 0 Å². The number of aryl methyl sites for hydroxylation is 1. The summed E-state index contributed by atoms with van der Waals surface area (Å²) < 4.78 is 5.31. The van der Waals surface area contributed by atoms with E-state index in [-0.39, 0.29) is 12.3 Å². The number of carbonyl (C=O) groups excluding carboxylic acids is 1. The van der Waals surface area contributed by atoms with E-state index in [2.05, 4.69) is 5.32 Å². The molecule has 1 amide bonds. The van der Waals surface area contributed by atoms with Gasteiger partial charge >= 0.3 is 0 Å². The normalized spacial score (nSPS) is 9.67. The third-order valence-corrected chi connectivity index (χ3v) is 2.69. The fourth-order valence-corrected chi connectivity index (χ4v) is 2.04. The van der Waals surface area contributed by atoms with Gasteiger partial charge in [0.1, 0.15) is 12.2 Å². The van der Waals surface area contributed by atoms with Crippen LogP contribution in [0.15, 0.2) is 12.1 Å². The molecule has 0 aliphatic carbocycles. The Morgan fingerprint density at radius 3 is 2.89 bits per heavy atom. The maximum atomic E-state index is 11.1. The van der Waals surface area contributed by atoms with Crippen molar-refractivity contribution >= 4 is 17.5 Å². The minimum Gasteiger partial charge on any atom is -0.496 e. The van der Waals surface area contributed by atoms with Gasteiger partial charge in [-0.1, -0.05) is 11.6 Å². The van der Waals surface area contributed by atoms with Crippen LogP contribution in [0.2, 0.25) is 5.02 Å². The summed E-state index contributed by atoms with van der Waals surface area (Å²) in [7, 11) is 1.61. The minimum atomic E-state index is -0.268. The molecular weight excluding hydrogens is 252 g/mol. The lowest BCUT2D eigenvalue weighted by atomic mass is 10.1. The van der Waals surface area contributed by atoms with Gasteiger partial charge in [0.25, 0.3) is 0 Å². The second-order valence-electron chi connectivity index (χ2n) is 3.85. The monoisotopic (exact) mass is 266 g/mol. The Labute approximate surface area is 112 Å². The minimum absolute atomic E-state index is 0.119. The van der Waals surface area contributed by atoms with Gasteiger partial charge in [0.15, 0.2) is 0 Å². The fourth-order valence-electron chi connectivity index (χ4n) is 1.75. The second-order valence-corrected chi connectivity index (χ2v) is 4.29. The van der Waals surface area contributed by atoms with Crippen LogP contribution in [0.1, 0.15) is 17.5 Å². The fraction of sp³-hybridized carbons (Fsp3) is 0.385. The number of benzene rings is 1. The van der Waals surface area contributed by atoms with Gasteiger partial charge in [-0.25, -0.2) is 0 Å². The van der Waals surface area contributed by atoms with Crippen LogP contribution in [0.25, 0.3) is 0 Å². The molecule has 0 radical (unpaired) electrons. The zero-order chi connectivity index (χ0) is 13.5. The molecule has 0 atom stereocenters. The van der Waals surface area contributed by atoms with E-state index >= 15 is 0 Å². The summed E-state index contributed by atoms with van der Waals surface area (Å²) in [6, 6.07) is 5.45. The first-order chi connectivity index (χ1) is 8.58. The van der Waals surface area contributed by atoms with Crippen LogP contribution in [0.5, 0.6) is 5.75 Å². The molecule has 1 aromatic carbocycles. The van der Waals surface area contributed by atoms with Gasteiger partial charge in [-0.2, -0.15) is 5.26 Å². The number of nitrogens with zero attached hydrogens (tertiary/aromatic N) is 1. The average Bonchev–Trinajstić information content (AvgIpc) is 2.28. The zero-order valence-corrected chi connectivity index (χ0v) is 11.2. The van der Waals surface area contributed by atoms with Gasteiger partial charge in [0.05, 0.1) is 13.2 Å². The van der Waals surface area contributed by atoms with Crippen molar-refractivity contribution in [1.82, 2.24) is 5.32 Å². The number of rotatable bonds is 5. The van der Waals surface area contributed by atoms with Crippen molar-refractivity contribution in [3.63, 3.8) is 0 Å². The highest BCUT2D eigenvalue weighted by atomic mass is 35.5. The highest BCUT2D eigenvalue weighted by Crippen LogP contribution is 2.27. The number of methoxy groups -OCH3 is 1. The quantitative estimate of drug-likeness (QED) is 0.889. The smallest absolute Gasteiger partial charge is 0.234 e. The summed E-state index contributed by atoms with van der Waals surface area (Å²) in [4.78, 5) is 11.1. The third kappa shape index (κ3) is 3.94. The molecule has 1 N–H and O–H groups in total. The van der Waals surface area contributed by atoms with E-state index in [1.54, 1.807) is 13.2 Å². The van der Waals surface area contributed by atoms with E-state index in [4.69, 9.17) is 21.6 Å². The van der Waals surface area contributed by atoms with Gasteiger partial charge in [-0.05, 0) is 36.6 Å². The van der Waals surface area contributed by atoms with Crippen molar-refractivity contribution in [3.05, 3.63) is 28.3 Å². The zero-order valence-electron chi connectivity index (χ0n) is 10.4. The summed E-state index contributed by atoms with van der Waals surface area (Å²) in [6.07, 6.45) is 0.494. The first-order valence-corrected chi connectivity index (χ1v) is 5.93. The maximum Gasteiger partial charge on any atom is 0.234 e. The Balaban J connectivity index is 2.67. The summed E-state index contributed by atoms with van der Waals surface area (Å²) in [5, 5.41) is 11.7. The van der Waals surface area contributed by atoms with Crippen LogP contribution in [0, 0.1) is 18.3 Å². The third-order valence-electron chi connectivity index (χ3n) is 2.48. The number of amides is 1. The highest BCUT2D eigenvalue weighted by molar-refractivity contribution is 6.30. The topological polar surface area (TPSA) is 62.1 Å². The summed E-state index contributed by atoms with van der Waals surface area (Å²) in [6.45, 7) is 2.37. The Hall–Kier alpha value is -1.73. The standard InChI is InChI=1S/C13H15ClN2O2/c1-9-7-11(14)8-10(13(9)18-2)4-6-16-12(17)3-5-15/h7-8H,3-4,6H2,1-2H3,(H,16,17). The molecule has 1 aromatic rings. The average molecular weight is 267 g/mol. The highest BCUT2D eigenvalue weighted by Gasteiger charge is 2.08. The van der Waals surface area contributed by atoms with E-state index in [0.717, 1.165) is 16.9 Å². The first-order valence-electron chi connectivity index (χ1n) is 5.55. The first kappa shape index (κ1) is 14.3. The van der Waals surface area contributed by atoms with Gasteiger partial charge in [0, 0.05) is 11.6 Å². The predicted molar refractivity (Wildman–Crippen MR) is 69.7 cm³/mol. The van der Waals surface area contributed by atoms with E-state index < -0.39 is 0 Å². The Morgan fingerprint density at radius 2 is 2.28 bits per heavy atom. The molecular formula is C13H15ClN2O2. The van der Waals surface area contributed by atoms with Crippen molar-refractivity contribution in [2.45, 2.75) is 19.8 Å². The number of ether oxygens (including phenoxy) is 1. The molecule has 0 saturated carbocycles. The molecule has 0 spiro atoms. The van der Waals surface area contributed by atoms with Gasteiger partial charge in [0.2, 0.25) is 5.91 Å². The van der Waals surface area contributed by atoms with E-state index in [1.807, 2.05) is 19.1 Å². The Bertz CT molecular complexity index is 481. The lowest BCUT2D eigenvalue weighted by Gasteiger charge is -2.12. The molecule has 0 unspecified atom stereocenters. The van der Waals surface area contributed by atoms with E-state index in [9.17, 15) is 4.79 Å². The molecule has 5 heteroatoms. The van der Waals surface area contributed by atoms with Crippen molar-refractivity contribution in [2.75, 3.05) is 13.7 Å². The summed E-state index contributed by atoms with van der Waals surface area (Å²) in [5.41, 5.74) is 1.91. The van der Waals surface area contributed by atoms with Gasteiger partial charge in [-0.3, -0.25) is 4.79 Å². The van der Waals surface area contributed by atoms with Crippen LogP contribution >= 0.6 is 11.6 Å². The Morgan fingerprint density at radius 1 is 1.56 bits per heavy atom. The van der Waals surface area contributed by atoms with E-state index in [1.165, 1.54) is 0 Å². The van der Waals surface area contributed by atoms with Crippen LogP contribution in [-0.4, -0.2) is 19.6 Å². The lowest BCUT2D eigenvalue weighted by molar-refractivity contribution is -0.120. The molecule has 4 nitrogen and oxygen atoms in total. The summed E-state index contributed by atoms with van der Waals surface area (Å²) >= 11 is 5.98. The lowest BCUT2D eigenvalue weighted by Crippen LogP contribution is -2.25. The van der Waals surface area contributed by atoms with Crippen molar-refractivity contribution in [2.24, 2.45) is 0 Å². The number of nitriles is 1. The molecule has 0 saturated heterocycles. The molecule has 0 aromatic heterocycles. The van der Waals surface area contributed by atoms with Crippen LogP contribution in [0.3, 0.4) is 0 Å². The Kier molecular flexibility index (Phi) is 5.47.